The Bertz CT molecular complexity index is 900. The van der Waals surface area contributed by atoms with E-state index in [1.165, 1.54) is 0 Å². The van der Waals surface area contributed by atoms with Crippen LogP contribution < -0.4 is 5.56 Å². The molecular formula is C17H17BrN4O3. The van der Waals surface area contributed by atoms with Crippen LogP contribution in [0.1, 0.15) is 17.5 Å². The average molecular weight is 405 g/mol. The molecule has 0 unspecified atom stereocenters. The van der Waals surface area contributed by atoms with Crippen LogP contribution in [0.5, 0.6) is 5.88 Å². The quantitative estimate of drug-likeness (QED) is 0.581. The Kier molecular flexibility index (Phi) is 6.44. The molecule has 0 spiro atoms. The summed E-state index contributed by atoms with van der Waals surface area (Å²) in [4.78, 5) is 12.7. The van der Waals surface area contributed by atoms with Gasteiger partial charge in [0, 0.05) is 30.3 Å². The maximum absolute atomic E-state index is 12.7. The zero-order chi connectivity index (χ0) is 18.4. The molecule has 0 saturated heterocycles. The number of hydrogen-bond donors (Lipinski definition) is 1. The summed E-state index contributed by atoms with van der Waals surface area (Å²) in [5.74, 6) is -0.360. The molecule has 0 radical (unpaired) electrons. The highest BCUT2D eigenvalue weighted by Gasteiger charge is 2.19. The fourth-order valence-corrected chi connectivity index (χ4v) is 2.63. The molecule has 0 fully saturated rings. The summed E-state index contributed by atoms with van der Waals surface area (Å²) in [6, 6.07) is 9.11. The minimum Gasteiger partial charge on any atom is -0.493 e. The van der Waals surface area contributed by atoms with Crippen LogP contribution in [0.2, 0.25) is 0 Å². The summed E-state index contributed by atoms with van der Waals surface area (Å²) in [5.41, 5.74) is 0.393. The molecule has 0 aliphatic rings. The maximum Gasteiger partial charge on any atom is 0.281 e. The van der Waals surface area contributed by atoms with E-state index in [9.17, 15) is 15.2 Å². The van der Waals surface area contributed by atoms with Crippen molar-refractivity contribution in [1.29, 1.82) is 5.26 Å². The van der Waals surface area contributed by atoms with Crippen molar-refractivity contribution < 1.29 is 9.84 Å². The van der Waals surface area contributed by atoms with Crippen LogP contribution in [0.25, 0.3) is 0 Å². The lowest BCUT2D eigenvalue weighted by Gasteiger charge is -2.12. The Morgan fingerprint density at radius 2 is 2.08 bits per heavy atom. The monoisotopic (exact) mass is 404 g/mol. The zero-order valence-corrected chi connectivity index (χ0v) is 15.4. The van der Waals surface area contributed by atoms with Crippen molar-refractivity contribution in [2.75, 3.05) is 13.7 Å². The molecule has 25 heavy (non-hydrogen) atoms. The van der Waals surface area contributed by atoms with Crippen molar-refractivity contribution in [3.05, 3.63) is 50.2 Å². The van der Waals surface area contributed by atoms with Gasteiger partial charge in [0.05, 0.1) is 5.69 Å². The van der Waals surface area contributed by atoms with Gasteiger partial charge < -0.3 is 9.84 Å². The van der Waals surface area contributed by atoms with Crippen LogP contribution in [0, 0.1) is 18.3 Å². The van der Waals surface area contributed by atoms with E-state index in [1.807, 2.05) is 18.2 Å². The zero-order valence-electron chi connectivity index (χ0n) is 13.9. The number of benzene rings is 1. The molecular weight excluding hydrogens is 388 g/mol. The summed E-state index contributed by atoms with van der Waals surface area (Å²) in [7, 11) is 1.55. The highest BCUT2D eigenvalue weighted by Crippen LogP contribution is 2.29. The normalized spacial score (nSPS) is 11.0. The second-order valence-electron chi connectivity index (χ2n) is 5.24. The van der Waals surface area contributed by atoms with Gasteiger partial charge in [0.1, 0.15) is 11.6 Å². The molecule has 1 N–H and O–H groups in total. The number of methoxy groups -OCH3 is 1. The molecule has 0 amide bonds. The van der Waals surface area contributed by atoms with Gasteiger partial charge in [-0.1, -0.05) is 12.1 Å². The fraction of sp³-hybridized carbons (Fsp3) is 0.294. The predicted molar refractivity (Wildman–Crippen MR) is 96.6 cm³/mol. The van der Waals surface area contributed by atoms with Gasteiger partial charge in [-0.3, -0.25) is 9.36 Å². The summed E-state index contributed by atoms with van der Waals surface area (Å²) >= 11 is 3.36. The molecule has 0 atom stereocenters. The number of halogens is 1. The van der Waals surface area contributed by atoms with E-state index >= 15 is 0 Å². The van der Waals surface area contributed by atoms with Gasteiger partial charge in [-0.15, -0.1) is 10.2 Å². The van der Waals surface area contributed by atoms with E-state index in [-0.39, 0.29) is 23.7 Å². The van der Waals surface area contributed by atoms with Crippen LogP contribution in [-0.4, -0.2) is 23.4 Å². The highest BCUT2D eigenvalue weighted by atomic mass is 79.9. The third kappa shape index (κ3) is 4.13. The minimum atomic E-state index is -0.499. The molecule has 7 nitrogen and oxygen atoms in total. The Morgan fingerprint density at radius 3 is 2.72 bits per heavy atom. The van der Waals surface area contributed by atoms with E-state index in [2.05, 4.69) is 26.2 Å². The van der Waals surface area contributed by atoms with E-state index in [1.54, 1.807) is 26.2 Å². The fourth-order valence-electron chi connectivity index (χ4n) is 2.27. The first-order chi connectivity index (χ1) is 12.0. The molecule has 0 bridgehead atoms. The topological polar surface area (TPSA) is 100.0 Å². The van der Waals surface area contributed by atoms with E-state index in [4.69, 9.17) is 4.74 Å². The van der Waals surface area contributed by atoms with Crippen LogP contribution in [0.3, 0.4) is 0 Å². The van der Waals surface area contributed by atoms with Gasteiger partial charge in [0.25, 0.3) is 5.56 Å². The van der Waals surface area contributed by atoms with Gasteiger partial charge >= 0.3 is 0 Å². The Balaban J connectivity index is 2.54. The maximum atomic E-state index is 12.7. The van der Waals surface area contributed by atoms with Crippen LogP contribution >= 0.6 is 15.9 Å². The number of aromatic hydroxyl groups is 1. The van der Waals surface area contributed by atoms with Crippen molar-refractivity contribution in [3.8, 4) is 11.9 Å². The third-order valence-electron chi connectivity index (χ3n) is 3.61. The highest BCUT2D eigenvalue weighted by molar-refractivity contribution is 9.10. The van der Waals surface area contributed by atoms with Gasteiger partial charge in [-0.05, 0) is 41.4 Å². The second-order valence-corrected chi connectivity index (χ2v) is 6.09. The van der Waals surface area contributed by atoms with Gasteiger partial charge in [0.15, 0.2) is 5.69 Å². The summed E-state index contributed by atoms with van der Waals surface area (Å²) in [6.45, 7) is 2.20. The molecule has 130 valence electrons. The van der Waals surface area contributed by atoms with Crippen molar-refractivity contribution in [2.45, 2.75) is 19.9 Å². The number of nitrogens with zero attached hydrogens (tertiary/aromatic N) is 4. The number of aromatic nitrogens is 1. The van der Waals surface area contributed by atoms with Crippen molar-refractivity contribution in [1.82, 2.24) is 4.57 Å². The average Bonchev–Trinajstić information content (AvgIpc) is 2.59. The molecule has 2 aromatic rings. The smallest absolute Gasteiger partial charge is 0.281 e. The largest absolute Gasteiger partial charge is 0.493 e. The Hall–Kier alpha value is -2.50. The predicted octanol–water partition coefficient (Wildman–Crippen LogP) is 3.95. The summed E-state index contributed by atoms with van der Waals surface area (Å²) < 4.78 is 6.82. The van der Waals surface area contributed by atoms with Crippen molar-refractivity contribution >= 4 is 27.3 Å². The van der Waals surface area contributed by atoms with E-state index in [0.717, 1.165) is 9.04 Å². The van der Waals surface area contributed by atoms with Crippen LogP contribution in [0.15, 0.2) is 43.8 Å². The second kappa shape index (κ2) is 8.55. The first kappa shape index (κ1) is 18.8. The number of ether oxygens (including phenoxy) is 1. The van der Waals surface area contributed by atoms with Gasteiger partial charge in [-0.25, -0.2) is 0 Å². The Labute approximate surface area is 153 Å². The lowest BCUT2D eigenvalue weighted by molar-refractivity contribution is 0.188. The van der Waals surface area contributed by atoms with Gasteiger partial charge in [0.2, 0.25) is 5.88 Å². The van der Waals surface area contributed by atoms with Crippen molar-refractivity contribution in [3.63, 3.8) is 0 Å². The van der Waals surface area contributed by atoms with E-state index < -0.39 is 5.56 Å². The lowest BCUT2D eigenvalue weighted by atomic mass is 10.1. The summed E-state index contributed by atoms with van der Waals surface area (Å²) in [5, 5.41) is 27.7. The van der Waals surface area contributed by atoms with Crippen LogP contribution in [-0.2, 0) is 11.3 Å². The first-order valence-electron chi connectivity index (χ1n) is 7.53. The first-order valence-corrected chi connectivity index (χ1v) is 8.32. The standard InChI is InChI=1S/C17H17BrN4O3/c1-11-12(10-19)16(23)22(8-5-9-25-2)17(24)15(11)21-20-14-7-4-3-6-13(14)18/h3-4,6-7,23H,5,8-9H2,1-2H3. The molecule has 0 aliphatic heterocycles. The molecule has 0 aliphatic carbocycles. The van der Waals surface area contributed by atoms with Gasteiger partial charge in [-0.2, -0.15) is 5.26 Å². The minimum absolute atomic E-state index is 0.0121. The molecule has 0 saturated carbocycles. The van der Waals surface area contributed by atoms with Crippen molar-refractivity contribution in [2.24, 2.45) is 10.2 Å². The third-order valence-corrected chi connectivity index (χ3v) is 4.28. The number of pyridine rings is 1. The number of rotatable bonds is 6. The number of hydrogen-bond acceptors (Lipinski definition) is 6. The SMILES string of the molecule is COCCCn1c(O)c(C#N)c(C)c(N=Nc2ccccc2Br)c1=O. The molecule has 8 heteroatoms. The molecule has 1 heterocycles. The Morgan fingerprint density at radius 1 is 1.36 bits per heavy atom. The van der Waals surface area contributed by atoms with Crippen LogP contribution in [0.4, 0.5) is 11.4 Å². The number of azo groups is 1. The molecule has 2 rings (SSSR count). The molecule has 1 aromatic carbocycles. The number of nitriles is 1. The molecule has 1 aromatic heterocycles. The lowest BCUT2D eigenvalue weighted by Crippen LogP contribution is -2.22. The van der Waals surface area contributed by atoms with E-state index in [0.29, 0.717) is 24.3 Å². The summed E-state index contributed by atoms with van der Waals surface area (Å²) in [6.07, 6.45) is 0.513.